The van der Waals surface area contributed by atoms with Gasteiger partial charge in [-0.05, 0) is 78.3 Å². The molecule has 0 radical (unpaired) electrons. The summed E-state index contributed by atoms with van der Waals surface area (Å²) in [7, 11) is -3.98. The molecule has 0 bridgehead atoms. The van der Waals surface area contributed by atoms with Gasteiger partial charge in [-0.25, -0.2) is 12.8 Å². The maximum absolute atomic E-state index is 14.9. The molecule has 0 amide bonds. The van der Waals surface area contributed by atoms with Crippen LogP contribution in [0.5, 0.6) is 5.75 Å². The van der Waals surface area contributed by atoms with E-state index in [0.29, 0.717) is 12.4 Å². The Bertz CT molecular complexity index is 1640. The summed E-state index contributed by atoms with van der Waals surface area (Å²) < 4.78 is 49.5. The van der Waals surface area contributed by atoms with Crippen molar-refractivity contribution >= 4 is 15.7 Å². The van der Waals surface area contributed by atoms with E-state index in [4.69, 9.17) is 4.74 Å². The van der Waals surface area contributed by atoms with Gasteiger partial charge in [0.15, 0.2) is 5.82 Å². The van der Waals surface area contributed by atoms with Crippen LogP contribution in [-0.4, -0.2) is 38.0 Å². The van der Waals surface area contributed by atoms with Crippen molar-refractivity contribution in [3.63, 3.8) is 0 Å². The predicted octanol–water partition coefficient (Wildman–Crippen LogP) is 6.93. The minimum absolute atomic E-state index is 0.0159. The van der Waals surface area contributed by atoms with Crippen molar-refractivity contribution in [1.29, 1.82) is 0 Å². The van der Waals surface area contributed by atoms with Crippen molar-refractivity contribution in [2.24, 2.45) is 0 Å². The Balaban J connectivity index is 1.17. The highest BCUT2D eigenvalue weighted by molar-refractivity contribution is 7.92. The molecule has 0 spiro atoms. The molecular weight excluding hydrogens is 561 g/mol. The number of nitrogens with zero attached hydrogens (tertiary/aromatic N) is 2. The summed E-state index contributed by atoms with van der Waals surface area (Å²) in [6.45, 7) is 9.39. The lowest BCUT2D eigenvalue weighted by atomic mass is 9.91. The first-order chi connectivity index (χ1) is 20.6. The minimum Gasteiger partial charge on any atom is -0.493 e. The monoisotopic (exact) mass is 601 g/mol. The first-order valence-electron chi connectivity index (χ1n) is 14.9. The van der Waals surface area contributed by atoms with Gasteiger partial charge in [-0.15, -0.1) is 0 Å². The van der Waals surface area contributed by atoms with Gasteiger partial charge in [0, 0.05) is 43.0 Å². The predicted molar refractivity (Wildman–Crippen MR) is 170 cm³/mol. The molecule has 2 heterocycles. The van der Waals surface area contributed by atoms with Crippen LogP contribution < -0.4 is 9.46 Å². The summed E-state index contributed by atoms with van der Waals surface area (Å²) in [6.07, 6.45) is 5.18. The van der Waals surface area contributed by atoms with E-state index in [9.17, 15) is 12.8 Å². The van der Waals surface area contributed by atoms with Crippen LogP contribution in [0.2, 0.25) is 0 Å². The van der Waals surface area contributed by atoms with Gasteiger partial charge in [0.1, 0.15) is 5.75 Å². The molecule has 0 atom stereocenters. The number of sulfonamides is 1. The second kappa shape index (κ2) is 13.3. The highest BCUT2D eigenvalue weighted by atomic mass is 32.2. The van der Waals surface area contributed by atoms with Gasteiger partial charge in [-0.2, -0.15) is 0 Å². The largest absolute Gasteiger partial charge is 0.493 e. The molecule has 0 fully saturated rings. The Hall–Kier alpha value is -3.75. The Morgan fingerprint density at radius 3 is 2.37 bits per heavy atom. The van der Waals surface area contributed by atoms with E-state index >= 15 is 0 Å². The van der Waals surface area contributed by atoms with Crippen LogP contribution in [-0.2, 0) is 41.2 Å². The van der Waals surface area contributed by atoms with Crippen molar-refractivity contribution in [3.8, 4) is 5.75 Å². The Labute approximate surface area is 255 Å². The van der Waals surface area contributed by atoms with Crippen LogP contribution in [0.3, 0.4) is 0 Å². The average molecular weight is 602 g/mol. The maximum atomic E-state index is 14.9. The summed E-state index contributed by atoms with van der Waals surface area (Å²) in [5, 5.41) is 0. The first kappa shape index (κ1) is 30.7. The number of aryl methyl sites for hydroxylation is 1. The summed E-state index contributed by atoms with van der Waals surface area (Å²) in [5.74, 6) is -0.316. The molecule has 1 aromatic heterocycles. The molecule has 1 N–H and O–H groups in total. The van der Waals surface area contributed by atoms with Gasteiger partial charge in [0.25, 0.3) is 10.0 Å². The second-order valence-corrected chi connectivity index (χ2v) is 13.9. The quantitative estimate of drug-likeness (QED) is 0.200. The van der Waals surface area contributed by atoms with E-state index in [1.165, 1.54) is 17.7 Å². The molecule has 0 saturated carbocycles. The number of rotatable bonds is 10. The number of hydrogen-bond acceptors (Lipinski definition) is 5. The molecule has 226 valence electrons. The van der Waals surface area contributed by atoms with E-state index in [-0.39, 0.29) is 16.0 Å². The van der Waals surface area contributed by atoms with Crippen LogP contribution in [0.25, 0.3) is 0 Å². The number of anilines is 1. The number of aromatic nitrogens is 1. The molecule has 0 unspecified atom stereocenters. The molecule has 8 heteroatoms. The van der Waals surface area contributed by atoms with Crippen LogP contribution in [0.1, 0.15) is 55.1 Å². The number of ether oxygens (including phenoxy) is 1. The number of nitrogens with one attached hydrogen (secondary N) is 1. The lowest BCUT2D eigenvalue weighted by Crippen LogP contribution is -2.26. The number of fused-ring (bicyclic) bond motifs is 1. The van der Waals surface area contributed by atoms with Gasteiger partial charge in [0.2, 0.25) is 0 Å². The number of pyridine rings is 1. The van der Waals surface area contributed by atoms with E-state index in [1.807, 2.05) is 30.5 Å². The molecular formula is C35H40FN3O3S. The van der Waals surface area contributed by atoms with Gasteiger partial charge >= 0.3 is 0 Å². The number of halogens is 1. The fourth-order valence-electron chi connectivity index (χ4n) is 5.28. The smallest absolute Gasteiger partial charge is 0.261 e. The van der Waals surface area contributed by atoms with E-state index < -0.39 is 15.8 Å². The summed E-state index contributed by atoms with van der Waals surface area (Å²) in [5.41, 5.74) is 5.51. The Morgan fingerprint density at radius 2 is 1.67 bits per heavy atom. The van der Waals surface area contributed by atoms with Crippen molar-refractivity contribution in [1.82, 2.24) is 9.88 Å². The Kier molecular flexibility index (Phi) is 9.47. The first-order valence-corrected chi connectivity index (χ1v) is 16.3. The summed E-state index contributed by atoms with van der Waals surface area (Å²) in [4.78, 5) is 7.16. The normalized spacial score (nSPS) is 14.1. The number of benzene rings is 3. The molecule has 0 aliphatic carbocycles. The van der Waals surface area contributed by atoms with Crippen molar-refractivity contribution in [3.05, 3.63) is 119 Å². The molecule has 6 nitrogen and oxygen atoms in total. The third kappa shape index (κ3) is 8.21. The van der Waals surface area contributed by atoms with Gasteiger partial charge in [0.05, 0.1) is 17.2 Å². The van der Waals surface area contributed by atoms with Gasteiger partial charge in [-0.3, -0.25) is 14.6 Å². The fourth-order valence-corrected chi connectivity index (χ4v) is 6.39. The molecule has 4 aromatic rings. The second-order valence-electron chi connectivity index (χ2n) is 12.2. The zero-order valence-electron chi connectivity index (χ0n) is 25.1. The lowest BCUT2D eigenvalue weighted by Gasteiger charge is -2.21. The highest BCUT2D eigenvalue weighted by Crippen LogP contribution is 2.26. The van der Waals surface area contributed by atoms with Crippen LogP contribution in [0, 0.1) is 5.82 Å². The van der Waals surface area contributed by atoms with E-state index in [0.717, 1.165) is 67.7 Å². The summed E-state index contributed by atoms with van der Waals surface area (Å²) in [6, 6.07) is 23.8. The van der Waals surface area contributed by atoms with Crippen molar-refractivity contribution in [2.75, 3.05) is 24.4 Å². The topological polar surface area (TPSA) is 71.5 Å². The molecule has 1 aliphatic rings. The highest BCUT2D eigenvalue weighted by Gasteiger charge is 2.21. The number of hydrogen-bond donors (Lipinski definition) is 1. The van der Waals surface area contributed by atoms with Crippen LogP contribution >= 0.6 is 0 Å². The third-order valence-corrected chi connectivity index (χ3v) is 9.15. The van der Waals surface area contributed by atoms with Gasteiger partial charge in [-0.1, -0.05) is 63.2 Å². The molecule has 0 saturated heterocycles. The van der Waals surface area contributed by atoms with Crippen molar-refractivity contribution < 1.29 is 17.5 Å². The van der Waals surface area contributed by atoms with E-state index in [2.05, 4.69) is 59.6 Å². The van der Waals surface area contributed by atoms with Gasteiger partial charge < -0.3 is 4.74 Å². The maximum Gasteiger partial charge on any atom is 0.261 e. The fraction of sp³-hybridized carbons (Fsp3) is 0.343. The minimum atomic E-state index is -3.98. The standard InChI is InChI=1S/C35H40FN3O3S/c1-35(2,3)34-16-11-27(24-37-34)25-39-19-17-28-12-14-31(22-29(28)18-20-39)43(40,41)38-33-15-13-30(23-32(33)36)42-21-7-10-26-8-5-4-6-9-26/h4-6,8-9,11-16,22-24,38H,7,10,17-21,25H2,1-3H3. The molecule has 43 heavy (non-hydrogen) atoms. The summed E-state index contributed by atoms with van der Waals surface area (Å²) >= 11 is 0. The van der Waals surface area contributed by atoms with Crippen LogP contribution in [0.4, 0.5) is 10.1 Å². The van der Waals surface area contributed by atoms with Crippen LogP contribution in [0.15, 0.2) is 90.0 Å². The lowest BCUT2D eigenvalue weighted by molar-refractivity contribution is 0.279. The van der Waals surface area contributed by atoms with E-state index in [1.54, 1.807) is 18.2 Å². The zero-order valence-corrected chi connectivity index (χ0v) is 26.0. The zero-order chi connectivity index (χ0) is 30.5. The molecule has 5 rings (SSSR count). The SMILES string of the molecule is CC(C)(C)c1ccc(CN2CCc3ccc(S(=O)(=O)Nc4ccc(OCCCc5ccccc5)cc4F)cc3CC2)cn1. The Morgan fingerprint density at radius 1 is 0.907 bits per heavy atom. The average Bonchev–Trinajstić information content (AvgIpc) is 3.19. The molecule has 1 aliphatic heterocycles. The van der Waals surface area contributed by atoms with Crippen molar-refractivity contribution in [2.45, 2.75) is 63.3 Å². The third-order valence-electron chi connectivity index (χ3n) is 7.79. The molecule has 3 aromatic carbocycles.